The summed E-state index contributed by atoms with van der Waals surface area (Å²) in [6.07, 6.45) is -7.74. The summed E-state index contributed by atoms with van der Waals surface area (Å²) in [7, 11) is 0. The summed E-state index contributed by atoms with van der Waals surface area (Å²) >= 11 is 0. The monoisotopic (exact) mass is 550 g/mol. The van der Waals surface area contributed by atoms with Gasteiger partial charge in [0.2, 0.25) is 6.29 Å². The maximum atomic E-state index is 12.4. The predicted octanol–water partition coefficient (Wildman–Crippen LogP) is -1.36. The van der Waals surface area contributed by atoms with E-state index in [0.717, 1.165) is 6.07 Å². The van der Waals surface area contributed by atoms with Crippen LogP contribution in [0.1, 0.15) is 15.9 Å². The van der Waals surface area contributed by atoms with Crippen molar-refractivity contribution >= 4 is 11.9 Å². The topological polar surface area (TPSA) is 216 Å². The molecule has 0 aromatic heterocycles. The highest BCUT2D eigenvalue weighted by Gasteiger charge is 2.53. The van der Waals surface area contributed by atoms with Gasteiger partial charge in [-0.15, -0.1) is 0 Å². The number of aliphatic hydroxyl groups excluding tert-OH is 5. The lowest BCUT2D eigenvalue weighted by molar-refractivity contribution is -0.318. The molecule has 0 aliphatic carbocycles. The molecule has 8 N–H and O–H groups in total. The first-order valence-electron chi connectivity index (χ1n) is 12.0. The number of benzene rings is 2. The van der Waals surface area contributed by atoms with Gasteiger partial charge in [0.05, 0.1) is 25.4 Å². The number of ketones is 1. The summed E-state index contributed by atoms with van der Waals surface area (Å²) in [6, 6.07) is 9.84. The SMILES string of the molecule is O=C(/C=C/c1ccc(O[C@@H]2O[C@H](CO)[C@@H](O)[C@H](O)[C@H]2O[C@@H]2OC[C@](O)(CO)[C@H]2O)cc1)c1ccc(O)cc1O. The van der Waals surface area contributed by atoms with Crippen molar-refractivity contribution in [3.63, 3.8) is 0 Å². The number of hydrogen-bond donors (Lipinski definition) is 8. The minimum absolute atomic E-state index is 0.0115. The first-order chi connectivity index (χ1) is 18.6. The van der Waals surface area contributed by atoms with Gasteiger partial charge < -0.3 is 59.8 Å². The average molecular weight is 551 g/mol. The molecule has 2 aromatic carbocycles. The minimum Gasteiger partial charge on any atom is -0.508 e. The van der Waals surface area contributed by atoms with E-state index in [1.807, 2.05) is 0 Å². The number of phenols is 2. The van der Waals surface area contributed by atoms with E-state index in [4.69, 9.17) is 18.9 Å². The molecule has 0 radical (unpaired) electrons. The smallest absolute Gasteiger partial charge is 0.229 e. The molecule has 13 nitrogen and oxygen atoms in total. The molecule has 2 saturated heterocycles. The Morgan fingerprint density at radius 1 is 1.03 bits per heavy atom. The van der Waals surface area contributed by atoms with E-state index in [2.05, 4.69) is 0 Å². The van der Waals surface area contributed by atoms with Crippen LogP contribution in [0.15, 0.2) is 48.5 Å². The fourth-order valence-electron chi connectivity index (χ4n) is 4.14. The molecule has 4 rings (SSSR count). The Labute approximate surface area is 222 Å². The van der Waals surface area contributed by atoms with Gasteiger partial charge in [-0.05, 0) is 35.9 Å². The molecule has 39 heavy (non-hydrogen) atoms. The average Bonchev–Trinajstić information content (AvgIpc) is 3.21. The minimum atomic E-state index is -1.99. The Bertz CT molecular complexity index is 1170. The maximum absolute atomic E-state index is 12.4. The Morgan fingerprint density at radius 2 is 1.74 bits per heavy atom. The second-order valence-electron chi connectivity index (χ2n) is 9.28. The second kappa shape index (κ2) is 12.0. The highest BCUT2D eigenvalue weighted by molar-refractivity contribution is 6.08. The van der Waals surface area contributed by atoms with Gasteiger partial charge in [0.25, 0.3) is 0 Å². The van der Waals surface area contributed by atoms with Gasteiger partial charge in [0.15, 0.2) is 18.2 Å². The number of rotatable bonds is 9. The third-order valence-electron chi connectivity index (χ3n) is 6.50. The zero-order valence-corrected chi connectivity index (χ0v) is 20.5. The molecule has 0 spiro atoms. The van der Waals surface area contributed by atoms with E-state index in [0.29, 0.717) is 5.56 Å². The molecule has 2 aromatic rings. The van der Waals surface area contributed by atoms with Gasteiger partial charge in [-0.25, -0.2) is 0 Å². The molecule has 0 unspecified atom stereocenters. The van der Waals surface area contributed by atoms with Crippen molar-refractivity contribution < 1.29 is 64.6 Å². The van der Waals surface area contributed by atoms with Crippen molar-refractivity contribution in [2.75, 3.05) is 19.8 Å². The number of carbonyl (C=O) groups is 1. The standard InChI is InChI=1S/C26H30O13/c27-10-19-20(32)21(33)22(39-25-23(34)26(35,11-28)12-36-25)24(38-19)37-15-5-1-13(2-6-15)3-8-17(30)16-7-4-14(29)9-18(16)31/h1-9,19-25,27-29,31-35H,10-12H2/b8-3+/t19-,20-,21+,22-,23+,24-,25+,26-/m1/s1. The van der Waals surface area contributed by atoms with Gasteiger partial charge in [-0.1, -0.05) is 18.2 Å². The van der Waals surface area contributed by atoms with Gasteiger partial charge in [0.1, 0.15) is 47.3 Å². The quantitative estimate of drug-likeness (QED) is 0.134. The van der Waals surface area contributed by atoms with Crippen LogP contribution >= 0.6 is 0 Å². The lowest BCUT2D eigenvalue weighted by Crippen LogP contribution is -2.62. The Morgan fingerprint density at radius 3 is 2.36 bits per heavy atom. The summed E-state index contributed by atoms with van der Waals surface area (Å²) in [5.74, 6) is -0.810. The van der Waals surface area contributed by atoms with Crippen LogP contribution in [-0.2, 0) is 14.2 Å². The highest BCUT2D eigenvalue weighted by atomic mass is 16.8. The Balaban J connectivity index is 1.46. The van der Waals surface area contributed by atoms with Gasteiger partial charge in [0, 0.05) is 6.07 Å². The second-order valence-corrected chi connectivity index (χ2v) is 9.28. The zero-order chi connectivity index (χ0) is 28.3. The van der Waals surface area contributed by atoms with Crippen LogP contribution in [0.3, 0.4) is 0 Å². The van der Waals surface area contributed by atoms with Crippen LogP contribution < -0.4 is 4.74 Å². The van der Waals surface area contributed by atoms with Crippen molar-refractivity contribution in [1.82, 2.24) is 0 Å². The van der Waals surface area contributed by atoms with Crippen LogP contribution in [0.4, 0.5) is 0 Å². The van der Waals surface area contributed by atoms with E-state index in [1.54, 1.807) is 12.1 Å². The fraction of sp³-hybridized carbons (Fsp3) is 0.423. The molecule has 2 heterocycles. The Kier molecular flexibility index (Phi) is 8.86. The number of ether oxygens (including phenoxy) is 4. The van der Waals surface area contributed by atoms with Gasteiger partial charge in [-0.2, -0.15) is 0 Å². The number of carbonyl (C=O) groups excluding carboxylic acids is 1. The van der Waals surface area contributed by atoms with E-state index in [9.17, 15) is 45.6 Å². The highest BCUT2D eigenvalue weighted by Crippen LogP contribution is 2.32. The molecule has 13 heteroatoms. The molecule has 2 aliphatic rings. The summed E-state index contributed by atoms with van der Waals surface area (Å²) in [4.78, 5) is 12.4. The molecule has 2 aliphatic heterocycles. The van der Waals surface area contributed by atoms with Crippen LogP contribution in [0.2, 0.25) is 0 Å². The van der Waals surface area contributed by atoms with Crippen molar-refractivity contribution in [3.8, 4) is 17.2 Å². The molecule has 0 bridgehead atoms. The fourth-order valence-corrected chi connectivity index (χ4v) is 4.14. The number of aromatic hydroxyl groups is 2. The van der Waals surface area contributed by atoms with Crippen molar-refractivity contribution in [1.29, 1.82) is 0 Å². The van der Waals surface area contributed by atoms with Crippen LogP contribution in [-0.4, -0.2) is 115 Å². The normalized spacial score (nSPS) is 32.9. The Hall–Kier alpha value is -3.11. The number of phenolic OH excluding ortho intramolecular Hbond substituents is 2. The van der Waals surface area contributed by atoms with Gasteiger partial charge >= 0.3 is 0 Å². The van der Waals surface area contributed by atoms with E-state index < -0.39 is 74.3 Å². The number of hydrogen-bond acceptors (Lipinski definition) is 13. The molecular weight excluding hydrogens is 520 g/mol. The molecule has 0 saturated carbocycles. The first kappa shape index (κ1) is 28.9. The van der Waals surface area contributed by atoms with Gasteiger partial charge in [-0.3, -0.25) is 4.79 Å². The van der Waals surface area contributed by atoms with E-state index >= 15 is 0 Å². The summed E-state index contributed by atoms with van der Waals surface area (Å²) in [5, 5.41) is 79.6. The molecular formula is C26H30O13. The van der Waals surface area contributed by atoms with E-state index in [-0.39, 0.29) is 22.8 Å². The molecule has 0 amide bonds. The third kappa shape index (κ3) is 6.22. The number of aliphatic hydroxyl groups is 6. The summed E-state index contributed by atoms with van der Waals surface area (Å²) in [5.41, 5.74) is -1.39. The van der Waals surface area contributed by atoms with Crippen LogP contribution in [0, 0.1) is 0 Å². The first-order valence-corrected chi connectivity index (χ1v) is 12.0. The van der Waals surface area contributed by atoms with Crippen LogP contribution in [0.5, 0.6) is 17.2 Å². The lowest BCUT2D eigenvalue weighted by atomic mass is 9.98. The predicted molar refractivity (Wildman–Crippen MR) is 131 cm³/mol. The largest absolute Gasteiger partial charge is 0.508 e. The maximum Gasteiger partial charge on any atom is 0.229 e. The zero-order valence-electron chi connectivity index (χ0n) is 20.5. The lowest BCUT2D eigenvalue weighted by Gasteiger charge is -2.42. The van der Waals surface area contributed by atoms with Crippen molar-refractivity contribution in [3.05, 3.63) is 59.7 Å². The number of allylic oxidation sites excluding steroid dienone is 1. The molecule has 212 valence electrons. The molecule has 2 fully saturated rings. The van der Waals surface area contributed by atoms with Crippen LogP contribution in [0.25, 0.3) is 6.08 Å². The van der Waals surface area contributed by atoms with Crippen molar-refractivity contribution in [2.45, 2.75) is 48.7 Å². The van der Waals surface area contributed by atoms with Crippen molar-refractivity contribution in [2.24, 2.45) is 0 Å². The molecule has 8 atom stereocenters. The third-order valence-corrected chi connectivity index (χ3v) is 6.50. The summed E-state index contributed by atoms with van der Waals surface area (Å²) in [6.45, 7) is -1.91. The summed E-state index contributed by atoms with van der Waals surface area (Å²) < 4.78 is 22.2. The van der Waals surface area contributed by atoms with E-state index in [1.165, 1.54) is 36.4 Å².